The van der Waals surface area contributed by atoms with Crippen LogP contribution < -0.4 is 0 Å². The Kier molecular flexibility index (Phi) is 6.10. The molecule has 0 saturated carbocycles. The van der Waals surface area contributed by atoms with E-state index in [1.54, 1.807) is 24.3 Å². The second kappa shape index (κ2) is 7.59. The zero-order chi connectivity index (χ0) is 15.1. The number of phenolic OH excluding ortho intramolecular Hbond substituents is 2. The Bertz CT molecular complexity index is 446. The molecule has 2 nitrogen and oxygen atoms in total. The molecule has 20 heavy (non-hydrogen) atoms. The fourth-order valence-corrected chi connectivity index (χ4v) is 1.72. The van der Waals surface area contributed by atoms with Crippen LogP contribution in [0.5, 0.6) is 11.5 Å². The van der Waals surface area contributed by atoms with Gasteiger partial charge < -0.3 is 10.2 Å². The molecule has 0 spiro atoms. The first-order valence-electron chi connectivity index (χ1n) is 6.98. The van der Waals surface area contributed by atoms with Crippen molar-refractivity contribution in [3.05, 3.63) is 59.7 Å². The standard InChI is InChI=1S/2C9H12O/c2*1-7(2)8-3-5-9(10)6-4-8/h2*3-7,10H,1-2H3. The lowest BCUT2D eigenvalue weighted by atomic mass is 10.0. The van der Waals surface area contributed by atoms with Crippen molar-refractivity contribution >= 4 is 0 Å². The minimum absolute atomic E-state index is 0.337. The van der Waals surface area contributed by atoms with E-state index in [0.29, 0.717) is 23.3 Å². The van der Waals surface area contributed by atoms with Crippen LogP contribution in [0.15, 0.2) is 48.5 Å². The van der Waals surface area contributed by atoms with Crippen LogP contribution in [0.3, 0.4) is 0 Å². The Morgan fingerprint density at radius 1 is 0.550 bits per heavy atom. The van der Waals surface area contributed by atoms with Crippen LogP contribution in [0.4, 0.5) is 0 Å². The molecule has 0 fully saturated rings. The molecule has 108 valence electrons. The van der Waals surface area contributed by atoms with E-state index in [-0.39, 0.29) is 0 Å². The summed E-state index contributed by atoms with van der Waals surface area (Å²) < 4.78 is 0. The van der Waals surface area contributed by atoms with Crippen LogP contribution in [0, 0.1) is 0 Å². The summed E-state index contributed by atoms with van der Waals surface area (Å²) in [6.45, 7) is 8.53. The molecule has 2 aromatic rings. The number of benzene rings is 2. The predicted molar refractivity (Wildman–Crippen MR) is 84.4 cm³/mol. The van der Waals surface area contributed by atoms with Crippen molar-refractivity contribution in [3.8, 4) is 11.5 Å². The molecule has 2 N–H and O–H groups in total. The van der Waals surface area contributed by atoms with Crippen molar-refractivity contribution in [3.63, 3.8) is 0 Å². The molecule has 0 atom stereocenters. The Labute approximate surface area is 121 Å². The number of hydrogen-bond acceptors (Lipinski definition) is 2. The van der Waals surface area contributed by atoms with Crippen LogP contribution in [0.2, 0.25) is 0 Å². The monoisotopic (exact) mass is 272 g/mol. The van der Waals surface area contributed by atoms with Crippen LogP contribution in [-0.4, -0.2) is 10.2 Å². The molecule has 0 aliphatic rings. The molecule has 0 unspecified atom stereocenters. The van der Waals surface area contributed by atoms with E-state index in [4.69, 9.17) is 10.2 Å². The molecule has 0 saturated heterocycles. The summed E-state index contributed by atoms with van der Waals surface area (Å²) in [5.74, 6) is 1.76. The highest BCUT2D eigenvalue weighted by atomic mass is 16.3. The quantitative estimate of drug-likeness (QED) is 0.804. The van der Waals surface area contributed by atoms with E-state index < -0.39 is 0 Å². The first kappa shape index (κ1) is 16.1. The van der Waals surface area contributed by atoms with Gasteiger partial charge in [-0.2, -0.15) is 0 Å². The maximum Gasteiger partial charge on any atom is 0.115 e. The summed E-state index contributed by atoms with van der Waals surface area (Å²) >= 11 is 0. The smallest absolute Gasteiger partial charge is 0.115 e. The molecule has 0 aromatic heterocycles. The molecule has 2 aromatic carbocycles. The highest BCUT2D eigenvalue weighted by molar-refractivity contribution is 5.28. The Balaban J connectivity index is 0.000000200. The summed E-state index contributed by atoms with van der Waals surface area (Å²) in [6.07, 6.45) is 0. The van der Waals surface area contributed by atoms with Gasteiger partial charge in [-0.05, 0) is 47.2 Å². The third kappa shape index (κ3) is 5.35. The molecule has 2 heteroatoms. The fraction of sp³-hybridized carbons (Fsp3) is 0.333. The first-order valence-corrected chi connectivity index (χ1v) is 6.98. The van der Waals surface area contributed by atoms with E-state index in [1.165, 1.54) is 11.1 Å². The van der Waals surface area contributed by atoms with Gasteiger partial charge in [0.05, 0.1) is 0 Å². The maximum atomic E-state index is 8.94. The third-order valence-electron chi connectivity index (χ3n) is 3.12. The minimum Gasteiger partial charge on any atom is -0.508 e. The SMILES string of the molecule is CC(C)c1ccc(O)cc1.CC(C)c1ccc(O)cc1. The normalized spacial score (nSPS) is 10.3. The average molecular weight is 272 g/mol. The first-order chi connectivity index (χ1) is 9.40. The number of aromatic hydroxyl groups is 2. The molecule has 0 aliphatic heterocycles. The average Bonchev–Trinajstić information content (AvgIpc) is 2.40. The zero-order valence-corrected chi connectivity index (χ0v) is 12.7. The van der Waals surface area contributed by atoms with Crippen molar-refractivity contribution in [2.75, 3.05) is 0 Å². The zero-order valence-electron chi connectivity index (χ0n) is 12.7. The lowest BCUT2D eigenvalue weighted by Gasteiger charge is -2.03. The summed E-state index contributed by atoms with van der Waals surface area (Å²) in [5, 5.41) is 17.9. The third-order valence-corrected chi connectivity index (χ3v) is 3.12. The van der Waals surface area contributed by atoms with Crippen molar-refractivity contribution in [2.24, 2.45) is 0 Å². The van der Waals surface area contributed by atoms with Gasteiger partial charge in [-0.1, -0.05) is 52.0 Å². The largest absolute Gasteiger partial charge is 0.508 e. The van der Waals surface area contributed by atoms with Gasteiger partial charge in [-0.15, -0.1) is 0 Å². The highest BCUT2D eigenvalue weighted by Gasteiger charge is 1.97. The van der Waals surface area contributed by atoms with Gasteiger partial charge in [0.2, 0.25) is 0 Å². The predicted octanol–water partition coefficient (Wildman–Crippen LogP) is 5.03. The van der Waals surface area contributed by atoms with Gasteiger partial charge in [0.25, 0.3) is 0 Å². The maximum absolute atomic E-state index is 8.94. The van der Waals surface area contributed by atoms with Gasteiger partial charge in [0.1, 0.15) is 11.5 Å². The molecule has 0 aliphatic carbocycles. The summed E-state index contributed by atoms with van der Waals surface area (Å²) in [4.78, 5) is 0. The van der Waals surface area contributed by atoms with Crippen molar-refractivity contribution < 1.29 is 10.2 Å². The Morgan fingerprint density at radius 2 is 0.800 bits per heavy atom. The minimum atomic E-state index is 0.337. The summed E-state index contributed by atoms with van der Waals surface area (Å²) in [5.41, 5.74) is 2.52. The second-order valence-electron chi connectivity index (χ2n) is 5.49. The van der Waals surface area contributed by atoms with E-state index >= 15 is 0 Å². The Hall–Kier alpha value is -1.96. The van der Waals surface area contributed by atoms with E-state index in [1.807, 2.05) is 24.3 Å². The number of hydrogen-bond donors (Lipinski definition) is 2. The molecule has 0 heterocycles. The molecule has 0 bridgehead atoms. The lowest BCUT2D eigenvalue weighted by Crippen LogP contribution is -1.84. The summed E-state index contributed by atoms with van der Waals surface area (Å²) in [7, 11) is 0. The van der Waals surface area contributed by atoms with Crippen molar-refractivity contribution in [2.45, 2.75) is 39.5 Å². The second-order valence-corrected chi connectivity index (χ2v) is 5.49. The van der Waals surface area contributed by atoms with Crippen LogP contribution in [-0.2, 0) is 0 Å². The van der Waals surface area contributed by atoms with Gasteiger partial charge in [-0.25, -0.2) is 0 Å². The molecule has 2 rings (SSSR count). The topological polar surface area (TPSA) is 40.5 Å². The Morgan fingerprint density at radius 3 is 1.00 bits per heavy atom. The number of rotatable bonds is 2. The van der Waals surface area contributed by atoms with Gasteiger partial charge in [0, 0.05) is 0 Å². The van der Waals surface area contributed by atoms with Crippen molar-refractivity contribution in [1.82, 2.24) is 0 Å². The number of phenols is 2. The molecule has 0 amide bonds. The van der Waals surface area contributed by atoms with Crippen molar-refractivity contribution in [1.29, 1.82) is 0 Å². The van der Waals surface area contributed by atoms with E-state index in [2.05, 4.69) is 27.7 Å². The van der Waals surface area contributed by atoms with Crippen LogP contribution >= 0.6 is 0 Å². The van der Waals surface area contributed by atoms with E-state index in [0.717, 1.165) is 0 Å². The van der Waals surface area contributed by atoms with Crippen LogP contribution in [0.25, 0.3) is 0 Å². The van der Waals surface area contributed by atoms with Gasteiger partial charge in [0.15, 0.2) is 0 Å². The molecule has 0 radical (unpaired) electrons. The molecular weight excluding hydrogens is 248 g/mol. The molecular formula is C18H24O2. The van der Waals surface area contributed by atoms with Gasteiger partial charge in [-0.3, -0.25) is 0 Å². The van der Waals surface area contributed by atoms with Gasteiger partial charge >= 0.3 is 0 Å². The lowest BCUT2D eigenvalue weighted by molar-refractivity contribution is 0.474. The van der Waals surface area contributed by atoms with Crippen LogP contribution in [0.1, 0.15) is 50.7 Å². The summed E-state index contributed by atoms with van der Waals surface area (Å²) in [6, 6.07) is 14.6. The van der Waals surface area contributed by atoms with E-state index in [9.17, 15) is 0 Å². The highest BCUT2D eigenvalue weighted by Crippen LogP contribution is 2.17. The fourth-order valence-electron chi connectivity index (χ4n) is 1.72.